The van der Waals surface area contributed by atoms with Crippen LogP contribution in [0.5, 0.6) is 5.88 Å². The Bertz CT molecular complexity index is 652. The van der Waals surface area contributed by atoms with E-state index in [9.17, 15) is 10.1 Å². The Hall–Kier alpha value is -2.15. The fourth-order valence-electron chi connectivity index (χ4n) is 2.44. The van der Waals surface area contributed by atoms with Crippen molar-refractivity contribution < 1.29 is 9.66 Å². The third-order valence-corrected chi connectivity index (χ3v) is 3.58. The Morgan fingerprint density at radius 1 is 1.32 bits per heavy atom. The second-order valence-corrected chi connectivity index (χ2v) is 5.55. The minimum atomic E-state index is -0.405. The van der Waals surface area contributed by atoms with Gasteiger partial charge < -0.3 is 9.64 Å². The maximum absolute atomic E-state index is 10.9. The number of aryl methyl sites for hydroxylation is 1. The number of non-ortho nitro benzene ring substituents is 1. The first-order valence-corrected chi connectivity index (χ1v) is 7.36. The molecule has 0 bridgehead atoms. The van der Waals surface area contributed by atoms with Gasteiger partial charge in [0.2, 0.25) is 5.88 Å². The quantitative estimate of drug-likeness (QED) is 0.426. The molecule has 7 heteroatoms. The van der Waals surface area contributed by atoms with Crippen molar-refractivity contribution in [2.75, 3.05) is 27.7 Å². The number of aromatic nitrogens is 2. The number of rotatable bonds is 8. The number of hydrogen-bond donors (Lipinski definition) is 0. The summed E-state index contributed by atoms with van der Waals surface area (Å²) in [5.74, 6) is 0.437. The molecule has 0 N–H and O–H groups in total. The number of nitrogens with zero attached hydrogens (tertiary/aromatic N) is 4. The number of unbranched alkanes of at least 4 members (excludes halogenated alkanes) is 2. The third kappa shape index (κ3) is 3.73. The highest BCUT2D eigenvalue weighted by atomic mass is 16.6. The molecule has 0 fully saturated rings. The van der Waals surface area contributed by atoms with Crippen LogP contribution < -0.4 is 4.74 Å². The zero-order valence-corrected chi connectivity index (χ0v) is 13.3. The zero-order valence-electron chi connectivity index (χ0n) is 13.3. The largest absolute Gasteiger partial charge is 0.479 e. The van der Waals surface area contributed by atoms with E-state index in [0.29, 0.717) is 11.3 Å². The minimum Gasteiger partial charge on any atom is -0.479 e. The lowest BCUT2D eigenvalue weighted by molar-refractivity contribution is -0.384. The van der Waals surface area contributed by atoms with Crippen molar-refractivity contribution in [2.24, 2.45) is 0 Å². The molecule has 0 aliphatic carbocycles. The Kier molecular flexibility index (Phi) is 5.32. The van der Waals surface area contributed by atoms with Gasteiger partial charge in [-0.2, -0.15) is 0 Å². The van der Waals surface area contributed by atoms with E-state index in [-0.39, 0.29) is 5.69 Å². The van der Waals surface area contributed by atoms with Crippen molar-refractivity contribution in [3.63, 3.8) is 0 Å². The molecule has 0 atom stereocenters. The second kappa shape index (κ2) is 7.22. The summed E-state index contributed by atoms with van der Waals surface area (Å²) in [7, 11) is 5.67. The van der Waals surface area contributed by atoms with Crippen LogP contribution in [-0.4, -0.2) is 47.4 Å². The van der Waals surface area contributed by atoms with E-state index in [1.807, 2.05) is 4.68 Å². The molecule has 1 heterocycles. The predicted molar refractivity (Wildman–Crippen MR) is 85.3 cm³/mol. The molecule has 0 unspecified atom stereocenters. The molecule has 1 aromatic heterocycles. The summed E-state index contributed by atoms with van der Waals surface area (Å²) in [4.78, 5) is 12.7. The molecule has 2 aromatic rings. The first kappa shape index (κ1) is 16.2. The highest BCUT2D eigenvalue weighted by Crippen LogP contribution is 2.28. The van der Waals surface area contributed by atoms with E-state index in [1.54, 1.807) is 6.07 Å². The highest BCUT2D eigenvalue weighted by molar-refractivity contribution is 5.86. The molecule has 22 heavy (non-hydrogen) atoms. The first-order chi connectivity index (χ1) is 10.5. The molecule has 0 spiro atoms. The molecule has 1 aromatic carbocycles. The average molecular weight is 306 g/mol. The van der Waals surface area contributed by atoms with Crippen LogP contribution in [0, 0.1) is 10.1 Å². The Morgan fingerprint density at radius 3 is 2.73 bits per heavy atom. The van der Waals surface area contributed by atoms with Gasteiger partial charge in [-0.3, -0.25) is 14.8 Å². The van der Waals surface area contributed by atoms with Gasteiger partial charge in [0.25, 0.3) is 5.69 Å². The molecule has 0 aliphatic heterocycles. The molecule has 0 saturated heterocycles. The molecule has 2 rings (SSSR count). The van der Waals surface area contributed by atoms with Crippen LogP contribution in [0.3, 0.4) is 0 Å². The third-order valence-electron chi connectivity index (χ3n) is 3.58. The molecule has 7 nitrogen and oxygen atoms in total. The lowest BCUT2D eigenvalue weighted by Gasteiger charge is -2.08. The van der Waals surface area contributed by atoms with Crippen LogP contribution in [0.1, 0.15) is 19.3 Å². The number of nitro benzene ring substituents is 1. The van der Waals surface area contributed by atoms with E-state index < -0.39 is 4.92 Å². The number of hydrogen-bond acceptors (Lipinski definition) is 5. The van der Waals surface area contributed by atoms with Gasteiger partial charge in [0.05, 0.1) is 22.9 Å². The molecular weight excluding hydrogens is 284 g/mol. The monoisotopic (exact) mass is 306 g/mol. The molecule has 0 aliphatic rings. The summed E-state index contributed by atoms with van der Waals surface area (Å²) >= 11 is 0. The SMILES string of the molecule is COc1nn(CCCCCN(C)C)c2ccc([N+](=O)[O-])cc12. The number of nitro groups is 1. The van der Waals surface area contributed by atoms with Crippen molar-refractivity contribution in [1.82, 2.24) is 14.7 Å². The summed E-state index contributed by atoms with van der Waals surface area (Å²) in [6.45, 7) is 1.86. The summed E-state index contributed by atoms with van der Waals surface area (Å²) in [6, 6.07) is 4.76. The Morgan fingerprint density at radius 2 is 2.09 bits per heavy atom. The molecule has 0 saturated carbocycles. The fraction of sp³-hybridized carbons (Fsp3) is 0.533. The van der Waals surface area contributed by atoms with Crippen molar-refractivity contribution in [3.8, 4) is 5.88 Å². The van der Waals surface area contributed by atoms with Gasteiger partial charge >= 0.3 is 0 Å². The lowest BCUT2D eigenvalue weighted by Crippen LogP contribution is -2.13. The van der Waals surface area contributed by atoms with E-state index in [1.165, 1.54) is 19.2 Å². The molecular formula is C15H22N4O3. The van der Waals surface area contributed by atoms with Crippen LogP contribution in [-0.2, 0) is 6.54 Å². The predicted octanol–water partition coefficient (Wildman–Crippen LogP) is 2.69. The molecule has 0 amide bonds. The van der Waals surface area contributed by atoms with Crippen LogP contribution in [0.2, 0.25) is 0 Å². The van der Waals surface area contributed by atoms with Crippen molar-refractivity contribution in [2.45, 2.75) is 25.8 Å². The first-order valence-electron chi connectivity index (χ1n) is 7.36. The van der Waals surface area contributed by atoms with E-state index >= 15 is 0 Å². The summed E-state index contributed by atoms with van der Waals surface area (Å²) in [5, 5.41) is 16.0. The van der Waals surface area contributed by atoms with Crippen LogP contribution in [0.15, 0.2) is 18.2 Å². The number of fused-ring (bicyclic) bond motifs is 1. The highest BCUT2D eigenvalue weighted by Gasteiger charge is 2.15. The van der Waals surface area contributed by atoms with E-state index in [2.05, 4.69) is 24.1 Å². The van der Waals surface area contributed by atoms with Gasteiger partial charge in [-0.25, -0.2) is 0 Å². The van der Waals surface area contributed by atoms with Gasteiger partial charge in [0.15, 0.2) is 0 Å². The maximum atomic E-state index is 10.9. The normalized spacial score (nSPS) is 11.3. The smallest absolute Gasteiger partial charge is 0.270 e. The van der Waals surface area contributed by atoms with Crippen molar-refractivity contribution >= 4 is 16.6 Å². The number of ether oxygens (including phenoxy) is 1. The van der Waals surface area contributed by atoms with Crippen LogP contribution >= 0.6 is 0 Å². The van der Waals surface area contributed by atoms with Gasteiger partial charge in [-0.1, -0.05) is 6.42 Å². The second-order valence-electron chi connectivity index (χ2n) is 5.55. The van der Waals surface area contributed by atoms with Crippen molar-refractivity contribution in [1.29, 1.82) is 0 Å². The van der Waals surface area contributed by atoms with Gasteiger partial charge in [-0.15, -0.1) is 5.10 Å². The van der Waals surface area contributed by atoms with Gasteiger partial charge in [-0.05, 0) is 39.5 Å². The molecule has 0 radical (unpaired) electrons. The topological polar surface area (TPSA) is 73.4 Å². The fourth-order valence-corrected chi connectivity index (χ4v) is 2.44. The Balaban J connectivity index is 2.11. The summed E-state index contributed by atoms with van der Waals surface area (Å²) < 4.78 is 7.11. The number of methoxy groups -OCH3 is 1. The minimum absolute atomic E-state index is 0.0522. The molecule has 120 valence electrons. The lowest BCUT2D eigenvalue weighted by atomic mass is 10.2. The van der Waals surface area contributed by atoms with Crippen LogP contribution in [0.4, 0.5) is 5.69 Å². The maximum Gasteiger partial charge on any atom is 0.270 e. The van der Waals surface area contributed by atoms with Crippen molar-refractivity contribution in [3.05, 3.63) is 28.3 Å². The average Bonchev–Trinajstić information content (AvgIpc) is 2.84. The van der Waals surface area contributed by atoms with E-state index in [0.717, 1.165) is 37.9 Å². The summed E-state index contributed by atoms with van der Waals surface area (Å²) in [6.07, 6.45) is 3.29. The Labute approximate surface area is 129 Å². The van der Waals surface area contributed by atoms with Crippen LogP contribution in [0.25, 0.3) is 10.9 Å². The van der Waals surface area contributed by atoms with Gasteiger partial charge in [0.1, 0.15) is 0 Å². The standard InChI is InChI=1S/C15H22N4O3/c1-17(2)9-5-4-6-10-18-14-8-7-12(19(20)21)11-13(14)15(16-18)22-3/h7-8,11H,4-6,9-10H2,1-3H3. The van der Waals surface area contributed by atoms with Gasteiger partial charge in [0, 0.05) is 18.7 Å². The number of benzene rings is 1. The van der Waals surface area contributed by atoms with E-state index in [4.69, 9.17) is 4.74 Å². The zero-order chi connectivity index (χ0) is 16.1. The summed E-state index contributed by atoms with van der Waals surface area (Å²) in [5.41, 5.74) is 0.923.